The predicted molar refractivity (Wildman–Crippen MR) is 99.6 cm³/mol. The fourth-order valence-corrected chi connectivity index (χ4v) is 3.03. The first-order valence-electron chi connectivity index (χ1n) is 7.82. The number of amides is 1. The largest absolute Gasteiger partial charge is 0.489 e. The lowest BCUT2D eigenvalue weighted by Gasteiger charge is -2.10. The number of fused-ring (bicyclic) bond motifs is 1. The van der Waals surface area contributed by atoms with E-state index in [2.05, 4.69) is 0 Å². The van der Waals surface area contributed by atoms with E-state index in [-0.39, 0.29) is 17.7 Å². The molecule has 0 aliphatic rings. The molecule has 25 heavy (non-hydrogen) atoms. The molecule has 0 aliphatic heterocycles. The molecule has 0 bridgehead atoms. The summed E-state index contributed by atoms with van der Waals surface area (Å²) in [5, 5.41) is 2.02. The molecule has 0 radical (unpaired) electrons. The van der Waals surface area contributed by atoms with Gasteiger partial charge in [-0.15, -0.1) is 0 Å². The standard InChI is InChI=1S/C20H18FNO2S/c1-22(2)20(23)25-18-10-8-14-11-17(9-7-15(14)12-18)24-13-16-5-3-4-6-19(16)21/h3-12H,13H2,1-2H3. The van der Waals surface area contributed by atoms with Crippen LogP contribution in [0.15, 0.2) is 65.6 Å². The number of benzene rings is 3. The van der Waals surface area contributed by atoms with Crippen LogP contribution in [0.3, 0.4) is 0 Å². The minimum atomic E-state index is -0.268. The van der Waals surface area contributed by atoms with Gasteiger partial charge in [-0.1, -0.05) is 30.3 Å². The van der Waals surface area contributed by atoms with E-state index >= 15 is 0 Å². The van der Waals surface area contributed by atoms with Crippen LogP contribution in [-0.2, 0) is 6.61 Å². The maximum absolute atomic E-state index is 13.6. The second kappa shape index (κ2) is 7.57. The Bertz CT molecular complexity index is 911. The lowest BCUT2D eigenvalue weighted by atomic mass is 10.1. The molecule has 0 atom stereocenters. The monoisotopic (exact) mass is 355 g/mol. The molecule has 128 valence electrons. The lowest BCUT2D eigenvalue weighted by Crippen LogP contribution is -2.15. The normalized spacial score (nSPS) is 10.7. The maximum Gasteiger partial charge on any atom is 0.285 e. The van der Waals surface area contributed by atoms with Gasteiger partial charge in [0.05, 0.1) is 0 Å². The number of rotatable bonds is 4. The molecule has 0 fully saturated rings. The van der Waals surface area contributed by atoms with Crippen molar-refractivity contribution in [2.24, 2.45) is 0 Å². The molecule has 0 heterocycles. The summed E-state index contributed by atoms with van der Waals surface area (Å²) in [7, 11) is 3.46. The van der Waals surface area contributed by atoms with E-state index in [9.17, 15) is 9.18 Å². The van der Waals surface area contributed by atoms with E-state index in [4.69, 9.17) is 4.74 Å². The number of carbonyl (C=O) groups is 1. The smallest absolute Gasteiger partial charge is 0.285 e. The van der Waals surface area contributed by atoms with E-state index in [1.165, 1.54) is 17.8 Å². The van der Waals surface area contributed by atoms with Crippen molar-refractivity contribution in [2.75, 3.05) is 14.1 Å². The van der Waals surface area contributed by atoms with Gasteiger partial charge in [-0.2, -0.15) is 0 Å². The average molecular weight is 355 g/mol. The Labute approximate surface area is 150 Å². The summed E-state index contributed by atoms with van der Waals surface area (Å²) in [5.74, 6) is 0.413. The number of carbonyl (C=O) groups excluding carboxylic acids is 1. The highest BCUT2D eigenvalue weighted by Crippen LogP contribution is 2.28. The molecule has 0 unspecified atom stereocenters. The zero-order chi connectivity index (χ0) is 17.8. The first-order chi connectivity index (χ1) is 12.0. The van der Waals surface area contributed by atoms with Crippen molar-refractivity contribution >= 4 is 27.8 Å². The van der Waals surface area contributed by atoms with E-state index in [1.54, 1.807) is 37.2 Å². The molecule has 0 aromatic heterocycles. The molecule has 3 nitrogen and oxygen atoms in total. The quantitative estimate of drug-likeness (QED) is 0.592. The number of hydrogen-bond donors (Lipinski definition) is 0. The topological polar surface area (TPSA) is 29.5 Å². The van der Waals surface area contributed by atoms with Crippen LogP contribution in [0.25, 0.3) is 10.8 Å². The Morgan fingerprint density at radius 1 is 1.04 bits per heavy atom. The highest BCUT2D eigenvalue weighted by Gasteiger charge is 2.08. The van der Waals surface area contributed by atoms with Crippen molar-refractivity contribution in [3.05, 3.63) is 72.0 Å². The highest BCUT2D eigenvalue weighted by atomic mass is 32.2. The predicted octanol–water partition coefficient (Wildman–Crippen LogP) is 5.33. The van der Waals surface area contributed by atoms with Crippen molar-refractivity contribution in [1.82, 2.24) is 4.90 Å². The number of thioether (sulfide) groups is 1. The second-order valence-corrected chi connectivity index (χ2v) is 6.84. The summed E-state index contributed by atoms with van der Waals surface area (Å²) in [4.78, 5) is 14.2. The molecule has 3 rings (SSSR count). The molecule has 0 saturated heterocycles. The zero-order valence-corrected chi connectivity index (χ0v) is 14.8. The van der Waals surface area contributed by atoms with Gasteiger partial charge in [0, 0.05) is 24.6 Å². The second-order valence-electron chi connectivity index (χ2n) is 5.81. The number of ether oxygens (including phenoxy) is 1. The van der Waals surface area contributed by atoms with Gasteiger partial charge in [-0.3, -0.25) is 4.79 Å². The van der Waals surface area contributed by atoms with Crippen LogP contribution in [0.1, 0.15) is 5.56 Å². The van der Waals surface area contributed by atoms with Crippen molar-refractivity contribution in [3.8, 4) is 5.75 Å². The highest BCUT2D eigenvalue weighted by molar-refractivity contribution is 8.13. The molecular weight excluding hydrogens is 337 g/mol. The number of halogens is 1. The van der Waals surface area contributed by atoms with Crippen molar-refractivity contribution < 1.29 is 13.9 Å². The van der Waals surface area contributed by atoms with Gasteiger partial charge in [-0.25, -0.2) is 4.39 Å². The first kappa shape index (κ1) is 17.3. The van der Waals surface area contributed by atoms with Crippen LogP contribution in [0.2, 0.25) is 0 Å². The molecule has 3 aromatic rings. The van der Waals surface area contributed by atoms with Gasteiger partial charge in [0.15, 0.2) is 0 Å². The molecule has 0 saturated carbocycles. The van der Waals surface area contributed by atoms with E-state index < -0.39 is 0 Å². The van der Waals surface area contributed by atoms with Crippen molar-refractivity contribution in [3.63, 3.8) is 0 Å². The van der Waals surface area contributed by atoms with Crippen LogP contribution in [0.5, 0.6) is 5.75 Å². The molecule has 3 aromatic carbocycles. The summed E-state index contributed by atoms with van der Waals surface area (Å²) in [5.41, 5.74) is 0.525. The van der Waals surface area contributed by atoms with Gasteiger partial charge in [0.25, 0.3) is 5.24 Å². The fraction of sp³-hybridized carbons (Fsp3) is 0.150. The number of hydrogen-bond acceptors (Lipinski definition) is 3. The van der Waals surface area contributed by atoms with Crippen LogP contribution in [0, 0.1) is 5.82 Å². The Hall–Kier alpha value is -2.53. The molecule has 0 spiro atoms. The third-order valence-corrected chi connectivity index (χ3v) is 4.74. The molecule has 5 heteroatoms. The summed E-state index contributed by atoms with van der Waals surface area (Å²) >= 11 is 1.19. The first-order valence-corrected chi connectivity index (χ1v) is 8.64. The fourth-order valence-electron chi connectivity index (χ4n) is 2.32. The van der Waals surface area contributed by atoms with Crippen LogP contribution < -0.4 is 4.74 Å². The summed E-state index contributed by atoms with van der Waals surface area (Å²) in [6.07, 6.45) is 0. The van der Waals surface area contributed by atoms with Crippen LogP contribution in [-0.4, -0.2) is 24.2 Å². The van der Waals surface area contributed by atoms with E-state index in [0.29, 0.717) is 11.3 Å². The average Bonchev–Trinajstić information content (AvgIpc) is 2.61. The minimum absolute atomic E-state index is 0.0100. The van der Waals surface area contributed by atoms with Crippen molar-refractivity contribution in [1.29, 1.82) is 0 Å². The Kier molecular flexibility index (Phi) is 5.24. The van der Waals surface area contributed by atoms with Gasteiger partial charge < -0.3 is 9.64 Å². The van der Waals surface area contributed by atoms with E-state index in [1.807, 2.05) is 36.4 Å². The molecule has 0 N–H and O–H groups in total. The lowest BCUT2D eigenvalue weighted by molar-refractivity contribution is 0.241. The summed E-state index contributed by atoms with van der Waals surface area (Å²) < 4.78 is 19.3. The minimum Gasteiger partial charge on any atom is -0.489 e. The van der Waals surface area contributed by atoms with Gasteiger partial charge in [0.2, 0.25) is 0 Å². The Morgan fingerprint density at radius 3 is 2.52 bits per heavy atom. The Morgan fingerprint density at radius 2 is 1.76 bits per heavy atom. The third kappa shape index (κ3) is 4.31. The molecule has 0 aliphatic carbocycles. The third-order valence-electron chi connectivity index (χ3n) is 3.71. The SMILES string of the molecule is CN(C)C(=O)Sc1ccc2cc(OCc3ccccc3F)ccc2c1. The maximum atomic E-state index is 13.6. The van der Waals surface area contributed by atoms with Crippen molar-refractivity contribution in [2.45, 2.75) is 11.5 Å². The van der Waals surface area contributed by atoms with E-state index in [0.717, 1.165) is 15.7 Å². The van der Waals surface area contributed by atoms with Crippen LogP contribution >= 0.6 is 11.8 Å². The molecular formula is C20H18FNO2S. The zero-order valence-electron chi connectivity index (χ0n) is 14.0. The van der Waals surface area contributed by atoms with Gasteiger partial charge >= 0.3 is 0 Å². The van der Waals surface area contributed by atoms with Gasteiger partial charge in [-0.05, 0) is 52.9 Å². The van der Waals surface area contributed by atoms with Crippen LogP contribution in [0.4, 0.5) is 9.18 Å². The van der Waals surface area contributed by atoms with Gasteiger partial charge in [0.1, 0.15) is 18.2 Å². The number of nitrogens with zero attached hydrogens (tertiary/aromatic N) is 1. The summed E-state index contributed by atoms with van der Waals surface area (Å²) in [6.45, 7) is 0.184. The molecule has 1 amide bonds. The summed E-state index contributed by atoms with van der Waals surface area (Å²) in [6, 6.07) is 18.1. The Balaban J connectivity index is 1.74.